The minimum atomic E-state index is -0.894. The van der Waals surface area contributed by atoms with Crippen molar-refractivity contribution in [2.24, 2.45) is 0 Å². The number of aromatic hydroxyl groups is 1. The number of fused-ring (bicyclic) bond motifs is 3. The summed E-state index contributed by atoms with van der Waals surface area (Å²) in [6.07, 6.45) is 0.437. The van der Waals surface area contributed by atoms with Crippen LogP contribution in [0.15, 0.2) is 96.6 Å². The maximum Gasteiger partial charge on any atom is 0.354 e. The second kappa shape index (κ2) is 9.88. The lowest BCUT2D eigenvalue weighted by Crippen LogP contribution is -2.21. The third-order valence-electron chi connectivity index (χ3n) is 5.57. The lowest BCUT2D eigenvalue weighted by Gasteiger charge is -2.15. The van der Waals surface area contributed by atoms with Gasteiger partial charge in [-0.15, -0.1) is 0 Å². The number of para-hydroxylation sites is 1. The van der Waals surface area contributed by atoms with Gasteiger partial charge < -0.3 is 19.4 Å². The van der Waals surface area contributed by atoms with Crippen LogP contribution >= 0.6 is 11.8 Å². The molecule has 0 atom stereocenters. The Morgan fingerprint density at radius 2 is 1.75 bits per heavy atom. The van der Waals surface area contributed by atoms with Gasteiger partial charge in [0.1, 0.15) is 21.8 Å². The zero-order chi connectivity index (χ0) is 25.2. The lowest BCUT2D eigenvalue weighted by atomic mass is 10.1. The van der Waals surface area contributed by atoms with E-state index in [9.17, 15) is 19.1 Å². The number of aromatic nitrogens is 1. The predicted molar refractivity (Wildman–Crippen MR) is 135 cm³/mol. The van der Waals surface area contributed by atoms with Crippen molar-refractivity contribution in [2.75, 3.05) is 13.2 Å². The van der Waals surface area contributed by atoms with Crippen LogP contribution in [-0.4, -0.2) is 28.0 Å². The Balaban J connectivity index is 1.81. The van der Waals surface area contributed by atoms with Gasteiger partial charge in [-0.05, 0) is 36.4 Å². The first kappa shape index (κ1) is 23.7. The summed E-state index contributed by atoms with van der Waals surface area (Å²) in [5.41, 5.74) is -0.667. The number of hydrogen-bond acceptors (Lipinski definition) is 7. The van der Waals surface area contributed by atoms with Crippen LogP contribution in [0.4, 0.5) is 4.39 Å². The predicted octanol–water partition coefficient (Wildman–Crippen LogP) is 4.85. The summed E-state index contributed by atoms with van der Waals surface area (Å²) >= 11 is 0.692. The van der Waals surface area contributed by atoms with Crippen molar-refractivity contribution in [3.8, 4) is 17.2 Å². The molecule has 0 radical (unpaired) electrons. The summed E-state index contributed by atoms with van der Waals surface area (Å²) < 4.78 is 26.9. The zero-order valence-electron chi connectivity index (χ0n) is 18.8. The van der Waals surface area contributed by atoms with Gasteiger partial charge in [0.25, 0.3) is 5.56 Å². The maximum atomic E-state index is 14.2. The normalized spacial score (nSPS) is 11.3. The molecule has 7 nitrogen and oxygen atoms in total. The van der Waals surface area contributed by atoms with Crippen molar-refractivity contribution >= 4 is 33.6 Å². The van der Waals surface area contributed by atoms with Crippen LogP contribution in [-0.2, 0) is 0 Å². The first-order chi connectivity index (χ1) is 17.5. The van der Waals surface area contributed by atoms with E-state index >= 15 is 0 Å². The molecule has 0 saturated heterocycles. The Labute approximate surface area is 208 Å². The minimum Gasteiger partial charge on any atom is -0.505 e. The molecule has 3 aromatic carbocycles. The van der Waals surface area contributed by atoms with E-state index in [2.05, 4.69) is 0 Å². The van der Waals surface area contributed by atoms with E-state index in [1.165, 1.54) is 22.8 Å². The highest BCUT2D eigenvalue weighted by Gasteiger charge is 2.23. The van der Waals surface area contributed by atoms with E-state index in [4.69, 9.17) is 14.3 Å². The van der Waals surface area contributed by atoms with E-state index in [-0.39, 0.29) is 34.0 Å². The molecule has 2 N–H and O–H groups in total. The second-order valence-electron chi connectivity index (χ2n) is 7.88. The second-order valence-corrected chi connectivity index (χ2v) is 8.94. The molecule has 0 saturated carbocycles. The van der Waals surface area contributed by atoms with Crippen LogP contribution in [0, 0.1) is 5.82 Å². The minimum absolute atomic E-state index is 0.0232. The first-order valence-corrected chi connectivity index (χ1v) is 11.9. The smallest absolute Gasteiger partial charge is 0.354 e. The number of aliphatic hydroxyl groups excluding tert-OH is 1. The first-order valence-electron chi connectivity index (χ1n) is 11.1. The van der Waals surface area contributed by atoms with Gasteiger partial charge in [-0.2, -0.15) is 0 Å². The molecule has 9 heteroatoms. The Morgan fingerprint density at radius 1 is 1.00 bits per heavy atom. The SMILES string of the molecule is O=c1oc2c(c(O)c1Sc1ccccc1F)c(=O)n(-c1ccccc1)c1cc(OCCCO)ccc21. The van der Waals surface area contributed by atoms with E-state index in [0.717, 1.165) is 0 Å². The molecule has 2 aromatic heterocycles. The molecule has 0 aliphatic heterocycles. The van der Waals surface area contributed by atoms with Crippen molar-refractivity contribution < 1.29 is 23.8 Å². The van der Waals surface area contributed by atoms with E-state index < -0.39 is 22.8 Å². The summed E-state index contributed by atoms with van der Waals surface area (Å²) in [7, 11) is 0. The van der Waals surface area contributed by atoms with Crippen molar-refractivity contribution in [2.45, 2.75) is 16.2 Å². The van der Waals surface area contributed by atoms with Crippen LogP contribution in [0.5, 0.6) is 11.5 Å². The topological polar surface area (TPSA) is 102 Å². The van der Waals surface area contributed by atoms with Gasteiger partial charge in [-0.3, -0.25) is 9.36 Å². The van der Waals surface area contributed by atoms with Gasteiger partial charge in [-0.1, -0.05) is 42.1 Å². The highest BCUT2D eigenvalue weighted by atomic mass is 32.2. The molecule has 0 spiro atoms. The Hall–Kier alpha value is -4.08. The Morgan fingerprint density at radius 3 is 2.50 bits per heavy atom. The molecule has 0 amide bonds. The number of rotatable bonds is 7. The van der Waals surface area contributed by atoms with E-state index in [0.29, 0.717) is 40.5 Å². The number of ether oxygens (including phenoxy) is 1. The monoisotopic (exact) mass is 505 g/mol. The average Bonchev–Trinajstić information content (AvgIpc) is 2.88. The highest BCUT2D eigenvalue weighted by molar-refractivity contribution is 7.99. The molecule has 5 aromatic rings. The fourth-order valence-electron chi connectivity index (χ4n) is 3.91. The van der Waals surface area contributed by atoms with E-state index in [1.807, 2.05) is 0 Å². The Kier molecular flexibility index (Phi) is 6.49. The Bertz CT molecular complexity index is 1700. The van der Waals surface area contributed by atoms with Crippen LogP contribution in [0.2, 0.25) is 0 Å². The van der Waals surface area contributed by atoms with Crippen LogP contribution in [0.25, 0.3) is 27.6 Å². The standard InChI is InChI=1S/C27H20FNO6S/c28-19-9-4-5-10-21(19)36-25-23(31)22-24(35-27(25)33)18-12-11-17(34-14-6-13-30)15-20(18)29(26(22)32)16-7-2-1-3-8-16/h1-5,7-12,15,30-31H,6,13-14H2. The molecule has 36 heavy (non-hydrogen) atoms. The summed E-state index contributed by atoms with van der Waals surface area (Å²) in [5.74, 6) is -0.692. The number of pyridine rings is 1. The molecule has 182 valence electrons. The molecule has 0 bridgehead atoms. The molecule has 0 fully saturated rings. The van der Waals surface area contributed by atoms with Gasteiger partial charge in [0.15, 0.2) is 11.3 Å². The van der Waals surface area contributed by atoms with Crippen molar-refractivity contribution in [3.05, 3.63) is 99.4 Å². The molecule has 2 heterocycles. The molecular weight excluding hydrogens is 485 g/mol. The number of halogens is 1. The van der Waals surface area contributed by atoms with E-state index in [1.54, 1.807) is 54.6 Å². The zero-order valence-corrected chi connectivity index (χ0v) is 19.6. The van der Waals surface area contributed by atoms with Gasteiger partial charge in [0.05, 0.1) is 12.1 Å². The van der Waals surface area contributed by atoms with Crippen LogP contribution < -0.4 is 15.9 Å². The number of nitrogens with zero attached hydrogens (tertiary/aromatic N) is 1. The summed E-state index contributed by atoms with van der Waals surface area (Å²) in [6, 6.07) is 19.5. The summed E-state index contributed by atoms with van der Waals surface area (Å²) in [5, 5.41) is 20.4. The third-order valence-corrected chi connectivity index (χ3v) is 6.68. The largest absolute Gasteiger partial charge is 0.505 e. The molecule has 0 unspecified atom stereocenters. The van der Waals surface area contributed by atoms with Gasteiger partial charge in [0.2, 0.25) is 0 Å². The summed E-state index contributed by atoms with van der Waals surface area (Å²) in [4.78, 5) is 26.5. The number of hydrogen-bond donors (Lipinski definition) is 2. The molecule has 0 aliphatic carbocycles. The summed E-state index contributed by atoms with van der Waals surface area (Å²) in [6.45, 7) is 0.252. The fraction of sp³-hybridized carbons (Fsp3) is 0.111. The van der Waals surface area contributed by atoms with Crippen LogP contribution in [0.3, 0.4) is 0 Å². The number of benzene rings is 3. The van der Waals surface area contributed by atoms with Crippen molar-refractivity contribution in [1.29, 1.82) is 0 Å². The van der Waals surface area contributed by atoms with Gasteiger partial charge >= 0.3 is 5.63 Å². The fourth-order valence-corrected chi connectivity index (χ4v) is 4.77. The lowest BCUT2D eigenvalue weighted by molar-refractivity contribution is 0.233. The highest BCUT2D eigenvalue weighted by Crippen LogP contribution is 2.38. The average molecular weight is 506 g/mol. The van der Waals surface area contributed by atoms with Gasteiger partial charge in [0, 0.05) is 35.1 Å². The third kappa shape index (κ3) is 4.23. The quantitative estimate of drug-likeness (QED) is 0.241. The molecular formula is C27H20FNO6S. The van der Waals surface area contributed by atoms with Crippen molar-refractivity contribution in [1.82, 2.24) is 4.57 Å². The number of aliphatic hydroxyl groups is 1. The molecule has 5 rings (SSSR count). The van der Waals surface area contributed by atoms with Gasteiger partial charge in [-0.25, -0.2) is 9.18 Å². The van der Waals surface area contributed by atoms with Crippen LogP contribution in [0.1, 0.15) is 6.42 Å². The maximum absolute atomic E-state index is 14.2. The van der Waals surface area contributed by atoms with Crippen molar-refractivity contribution in [3.63, 3.8) is 0 Å². The molecule has 0 aliphatic rings.